The molecule has 3 rings (SSSR count). The summed E-state index contributed by atoms with van der Waals surface area (Å²) in [4.78, 5) is 15.7. The van der Waals surface area contributed by atoms with E-state index in [2.05, 4.69) is 31.4 Å². The van der Waals surface area contributed by atoms with Crippen LogP contribution < -0.4 is 15.8 Å². The highest BCUT2D eigenvalue weighted by atomic mass is 79.9. The monoisotopic (exact) mass is 472 g/mol. The Bertz CT molecular complexity index is 1030. The van der Waals surface area contributed by atoms with Gasteiger partial charge in [0.2, 0.25) is 0 Å². The zero-order valence-corrected chi connectivity index (χ0v) is 18.1. The molecule has 2 aromatic carbocycles. The molecule has 3 aromatic rings. The maximum absolute atomic E-state index is 12.4. The van der Waals surface area contributed by atoms with E-state index in [1.807, 2.05) is 48.7 Å². The maximum Gasteiger partial charge on any atom is 0.269 e. The van der Waals surface area contributed by atoms with Crippen LogP contribution in [0.3, 0.4) is 0 Å². The summed E-state index contributed by atoms with van der Waals surface area (Å²) in [5.74, 6) is 0.314. The van der Waals surface area contributed by atoms with Crippen LogP contribution >= 0.6 is 15.9 Å². The van der Waals surface area contributed by atoms with E-state index in [-0.39, 0.29) is 12.1 Å². The third-order valence-corrected chi connectivity index (χ3v) is 5.33. The van der Waals surface area contributed by atoms with Crippen LogP contribution in [0.1, 0.15) is 17.5 Å². The summed E-state index contributed by atoms with van der Waals surface area (Å²) < 4.78 is 6.41. The molecule has 158 valence electrons. The number of H-pyrrole nitrogens is 1. The summed E-state index contributed by atoms with van der Waals surface area (Å²) >= 11 is 3.47. The van der Waals surface area contributed by atoms with Crippen LogP contribution in [0.5, 0.6) is 5.75 Å². The molecule has 0 aliphatic heterocycles. The van der Waals surface area contributed by atoms with Crippen molar-refractivity contribution in [2.45, 2.75) is 19.3 Å². The van der Waals surface area contributed by atoms with E-state index in [0.717, 1.165) is 32.9 Å². The number of carbonyl (C=O) groups is 1. The summed E-state index contributed by atoms with van der Waals surface area (Å²) in [7, 11) is 0. The molecule has 0 aliphatic rings. The number of oxime groups is 1. The SMILES string of the molecule is NCCCOc1ccc(C/C(=N\O)C(=O)NCCc2c[nH]c3ccccc23)cc1Br. The van der Waals surface area contributed by atoms with E-state index < -0.39 is 5.91 Å². The van der Waals surface area contributed by atoms with Crippen molar-refractivity contribution in [2.75, 3.05) is 19.7 Å². The smallest absolute Gasteiger partial charge is 0.269 e. The Morgan fingerprint density at radius 3 is 2.87 bits per heavy atom. The molecule has 0 saturated carbocycles. The van der Waals surface area contributed by atoms with Crippen molar-refractivity contribution < 1.29 is 14.7 Å². The second kappa shape index (κ2) is 10.8. The molecule has 1 heterocycles. The molecule has 5 N–H and O–H groups in total. The molecule has 8 heteroatoms. The zero-order chi connectivity index (χ0) is 21.3. The first kappa shape index (κ1) is 21.9. The first-order valence-corrected chi connectivity index (χ1v) is 10.6. The summed E-state index contributed by atoms with van der Waals surface area (Å²) in [5.41, 5.74) is 8.55. The first-order chi connectivity index (χ1) is 14.6. The van der Waals surface area contributed by atoms with Gasteiger partial charge in [-0.05, 0) is 64.6 Å². The third kappa shape index (κ3) is 5.61. The standard InChI is InChI=1S/C22H25BrN4O3/c23-18-12-15(6-7-21(18)30-11-3-9-24)13-20(27-29)22(28)25-10-8-16-14-26-19-5-2-1-4-17(16)19/h1-2,4-7,12,14,26,29H,3,8-11,13,24H2,(H,25,28)/b27-20+. The van der Waals surface area contributed by atoms with Gasteiger partial charge in [-0.2, -0.15) is 0 Å². The van der Waals surface area contributed by atoms with E-state index >= 15 is 0 Å². The van der Waals surface area contributed by atoms with Crippen LogP contribution in [0.15, 0.2) is 58.3 Å². The number of fused-ring (bicyclic) bond motifs is 1. The topological polar surface area (TPSA) is 113 Å². The normalized spacial score (nSPS) is 11.6. The number of hydrogen-bond donors (Lipinski definition) is 4. The molecule has 0 bridgehead atoms. The number of hydrogen-bond acceptors (Lipinski definition) is 5. The van der Waals surface area contributed by atoms with E-state index in [9.17, 15) is 10.0 Å². The Labute approximate surface area is 183 Å². The average Bonchev–Trinajstić information content (AvgIpc) is 3.16. The minimum atomic E-state index is -0.392. The molecule has 0 atom stereocenters. The number of nitrogens with one attached hydrogen (secondary N) is 2. The predicted molar refractivity (Wildman–Crippen MR) is 121 cm³/mol. The fraction of sp³-hybridized carbons (Fsp3) is 0.273. The summed E-state index contributed by atoms with van der Waals surface area (Å²) in [6.07, 6.45) is 3.60. The molecule has 0 aliphatic carbocycles. The number of carbonyl (C=O) groups excluding carboxylic acids is 1. The Hall–Kier alpha value is -2.84. The van der Waals surface area contributed by atoms with Gasteiger partial charge >= 0.3 is 0 Å². The number of para-hydroxylation sites is 1. The van der Waals surface area contributed by atoms with Gasteiger partial charge in [-0.25, -0.2) is 0 Å². The van der Waals surface area contributed by atoms with Gasteiger partial charge in [-0.15, -0.1) is 0 Å². The van der Waals surface area contributed by atoms with Crippen molar-refractivity contribution in [3.8, 4) is 5.75 Å². The number of ether oxygens (including phenoxy) is 1. The highest BCUT2D eigenvalue weighted by Gasteiger charge is 2.14. The number of halogens is 1. The molecule has 7 nitrogen and oxygen atoms in total. The molecule has 0 fully saturated rings. The Kier molecular flexibility index (Phi) is 7.87. The van der Waals surface area contributed by atoms with Crippen LogP contribution in [0.2, 0.25) is 0 Å². The van der Waals surface area contributed by atoms with E-state index in [1.165, 1.54) is 0 Å². The second-order valence-electron chi connectivity index (χ2n) is 6.84. The molecule has 30 heavy (non-hydrogen) atoms. The van der Waals surface area contributed by atoms with Crippen LogP contribution in [0.4, 0.5) is 0 Å². The summed E-state index contributed by atoms with van der Waals surface area (Å²) in [5, 5.41) is 16.5. The Balaban J connectivity index is 1.54. The number of benzene rings is 2. The number of amides is 1. The van der Waals surface area contributed by atoms with Crippen molar-refractivity contribution in [1.29, 1.82) is 0 Å². The molecule has 0 spiro atoms. The van der Waals surface area contributed by atoms with Gasteiger partial charge in [0.05, 0.1) is 11.1 Å². The number of nitrogens with zero attached hydrogens (tertiary/aromatic N) is 1. The first-order valence-electron chi connectivity index (χ1n) is 9.77. The second-order valence-corrected chi connectivity index (χ2v) is 7.70. The highest BCUT2D eigenvalue weighted by molar-refractivity contribution is 9.10. The van der Waals surface area contributed by atoms with Gasteiger partial charge in [0.1, 0.15) is 11.5 Å². The van der Waals surface area contributed by atoms with Crippen LogP contribution in [0, 0.1) is 0 Å². The molecular weight excluding hydrogens is 448 g/mol. The maximum atomic E-state index is 12.4. The van der Waals surface area contributed by atoms with Crippen LogP contribution in [-0.2, 0) is 17.6 Å². The van der Waals surface area contributed by atoms with Crippen molar-refractivity contribution in [3.63, 3.8) is 0 Å². The van der Waals surface area contributed by atoms with E-state index in [4.69, 9.17) is 10.5 Å². The highest BCUT2D eigenvalue weighted by Crippen LogP contribution is 2.26. The third-order valence-electron chi connectivity index (χ3n) is 4.71. The lowest BCUT2D eigenvalue weighted by atomic mass is 10.1. The number of nitrogens with two attached hydrogens (primary N) is 1. The average molecular weight is 473 g/mol. The molecule has 1 amide bonds. The fourth-order valence-corrected chi connectivity index (χ4v) is 3.68. The Morgan fingerprint density at radius 2 is 2.10 bits per heavy atom. The zero-order valence-electron chi connectivity index (χ0n) is 16.5. The van der Waals surface area contributed by atoms with Gasteiger partial charge in [0, 0.05) is 30.1 Å². The quantitative estimate of drug-likeness (QED) is 0.157. The van der Waals surface area contributed by atoms with Crippen LogP contribution in [0.25, 0.3) is 10.9 Å². The lowest BCUT2D eigenvalue weighted by Crippen LogP contribution is -2.33. The molecule has 0 unspecified atom stereocenters. The molecule has 0 saturated heterocycles. The molecular formula is C22H25BrN4O3. The van der Waals surface area contributed by atoms with Gasteiger partial charge in [0.15, 0.2) is 0 Å². The van der Waals surface area contributed by atoms with Crippen molar-refractivity contribution in [2.24, 2.45) is 10.9 Å². The lowest BCUT2D eigenvalue weighted by Gasteiger charge is -2.10. The summed E-state index contributed by atoms with van der Waals surface area (Å²) in [6.45, 7) is 1.55. The Morgan fingerprint density at radius 1 is 1.27 bits per heavy atom. The number of rotatable bonds is 10. The molecule has 1 aromatic heterocycles. The van der Waals surface area contributed by atoms with E-state index in [0.29, 0.717) is 31.9 Å². The predicted octanol–water partition coefficient (Wildman–Crippen LogP) is 3.39. The van der Waals surface area contributed by atoms with Crippen LogP contribution in [-0.4, -0.2) is 41.5 Å². The van der Waals surface area contributed by atoms with E-state index in [1.54, 1.807) is 0 Å². The largest absolute Gasteiger partial charge is 0.492 e. The molecule has 0 radical (unpaired) electrons. The van der Waals surface area contributed by atoms with Gasteiger partial charge < -0.3 is 26.0 Å². The van der Waals surface area contributed by atoms with Gasteiger partial charge in [0.25, 0.3) is 5.91 Å². The van der Waals surface area contributed by atoms with Gasteiger partial charge in [-0.1, -0.05) is 29.4 Å². The minimum absolute atomic E-state index is 0.0534. The minimum Gasteiger partial charge on any atom is -0.492 e. The fourth-order valence-electron chi connectivity index (χ4n) is 3.14. The van der Waals surface area contributed by atoms with Gasteiger partial charge in [-0.3, -0.25) is 4.79 Å². The van der Waals surface area contributed by atoms with Crippen molar-refractivity contribution in [1.82, 2.24) is 10.3 Å². The number of aromatic amines is 1. The van der Waals surface area contributed by atoms with Crippen molar-refractivity contribution in [3.05, 3.63) is 64.3 Å². The van der Waals surface area contributed by atoms with Crippen molar-refractivity contribution >= 4 is 38.5 Å². The lowest BCUT2D eigenvalue weighted by molar-refractivity contribution is -0.115. The summed E-state index contributed by atoms with van der Waals surface area (Å²) in [6, 6.07) is 13.5. The number of aromatic nitrogens is 1.